The van der Waals surface area contributed by atoms with Gasteiger partial charge in [0.15, 0.2) is 0 Å². The molecule has 3 nitrogen and oxygen atoms in total. The summed E-state index contributed by atoms with van der Waals surface area (Å²) in [5, 5.41) is 3.46. The van der Waals surface area contributed by atoms with Gasteiger partial charge >= 0.3 is 0 Å². The Kier molecular flexibility index (Phi) is 5.99. The molecule has 2 rings (SSSR count). The smallest absolute Gasteiger partial charge is 0.0547 e. The zero-order chi connectivity index (χ0) is 14.4. The average molecular weight is 275 g/mol. The third-order valence-corrected chi connectivity index (χ3v) is 4.08. The molecule has 1 fully saturated rings. The summed E-state index contributed by atoms with van der Waals surface area (Å²) in [6.07, 6.45) is 5.49. The molecular formula is C17H29N3. The largest absolute Gasteiger partial charge is 0.311 e. The van der Waals surface area contributed by atoms with Crippen molar-refractivity contribution in [1.29, 1.82) is 0 Å². The first-order valence-corrected chi connectivity index (χ1v) is 8.01. The van der Waals surface area contributed by atoms with Crippen LogP contribution in [0.3, 0.4) is 0 Å². The van der Waals surface area contributed by atoms with E-state index in [1.54, 1.807) is 0 Å². The maximum Gasteiger partial charge on any atom is 0.0547 e. The van der Waals surface area contributed by atoms with Crippen molar-refractivity contribution in [3.8, 4) is 0 Å². The average Bonchev–Trinajstić information content (AvgIpc) is 2.92. The predicted molar refractivity (Wildman–Crippen MR) is 84.5 cm³/mol. The van der Waals surface area contributed by atoms with Crippen molar-refractivity contribution in [1.82, 2.24) is 15.2 Å². The molecule has 3 heteroatoms. The van der Waals surface area contributed by atoms with Crippen LogP contribution in [0.4, 0.5) is 0 Å². The van der Waals surface area contributed by atoms with Gasteiger partial charge in [0.05, 0.1) is 11.4 Å². The summed E-state index contributed by atoms with van der Waals surface area (Å²) in [6, 6.07) is 7.17. The molecule has 20 heavy (non-hydrogen) atoms. The first-order valence-electron chi connectivity index (χ1n) is 8.01. The van der Waals surface area contributed by atoms with E-state index in [0.29, 0.717) is 5.92 Å². The Morgan fingerprint density at radius 2 is 1.95 bits per heavy atom. The van der Waals surface area contributed by atoms with Crippen molar-refractivity contribution in [3.63, 3.8) is 0 Å². The molecule has 0 spiro atoms. The van der Waals surface area contributed by atoms with Crippen molar-refractivity contribution in [2.24, 2.45) is 5.92 Å². The van der Waals surface area contributed by atoms with Crippen molar-refractivity contribution in [3.05, 3.63) is 29.6 Å². The molecule has 1 aromatic heterocycles. The zero-order valence-electron chi connectivity index (χ0n) is 13.2. The minimum atomic E-state index is 0.687. The van der Waals surface area contributed by atoms with Gasteiger partial charge in [-0.25, -0.2) is 0 Å². The summed E-state index contributed by atoms with van der Waals surface area (Å²) >= 11 is 0. The maximum atomic E-state index is 4.78. The van der Waals surface area contributed by atoms with Crippen molar-refractivity contribution in [2.75, 3.05) is 13.6 Å². The van der Waals surface area contributed by atoms with Gasteiger partial charge in [-0.15, -0.1) is 0 Å². The quantitative estimate of drug-likeness (QED) is 0.828. The van der Waals surface area contributed by atoms with Crippen LogP contribution in [0.5, 0.6) is 0 Å². The Labute approximate surface area is 123 Å². The summed E-state index contributed by atoms with van der Waals surface area (Å²) in [4.78, 5) is 7.25. The Bertz CT molecular complexity index is 397. The van der Waals surface area contributed by atoms with Gasteiger partial charge in [0.1, 0.15) is 0 Å². The topological polar surface area (TPSA) is 28.2 Å². The monoisotopic (exact) mass is 275 g/mol. The molecule has 0 bridgehead atoms. The van der Waals surface area contributed by atoms with Crippen LogP contribution in [0.25, 0.3) is 0 Å². The normalized spacial score (nSPS) is 16.4. The van der Waals surface area contributed by atoms with Crippen LogP contribution in [0.1, 0.15) is 50.9 Å². The molecule has 0 saturated heterocycles. The van der Waals surface area contributed by atoms with Crippen molar-refractivity contribution >= 4 is 0 Å². The Balaban J connectivity index is 1.85. The number of hydrogen-bond donors (Lipinski definition) is 1. The number of rotatable bonds is 7. The fraction of sp³-hybridized carbons (Fsp3) is 0.706. The van der Waals surface area contributed by atoms with Crippen LogP contribution in [0.2, 0.25) is 0 Å². The van der Waals surface area contributed by atoms with E-state index in [2.05, 4.69) is 49.3 Å². The molecule has 0 aliphatic heterocycles. The van der Waals surface area contributed by atoms with Gasteiger partial charge in [0, 0.05) is 19.1 Å². The Morgan fingerprint density at radius 3 is 2.65 bits per heavy atom. The molecule has 1 aliphatic carbocycles. The lowest BCUT2D eigenvalue weighted by atomic mass is 10.2. The summed E-state index contributed by atoms with van der Waals surface area (Å²) in [5.74, 6) is 0.687. The lowest BCUT2D eigenvalue weighted by molar-refractivity contribution is 0.234. The van der Waals surface area contributed by atoms with E-state index in [1.807, 2.05) is 0 Å². The van der Waals surface area contributed by atoms with E-state index in [4.69, 9.17) is 4.98 Å². The molecule has 0 amide bonds. The minimum Gasteiger partial charge on any atom is -0.311 e. The first kappa shape index (κ1) is 15.5. The molecule has 0 unspecified atom stereocenters. The third-order valence-electron chi connectivity index (χ3n) is 4.08. The number of pyridine rings is 1. The van der Waals surface area contributed by atoms with E-state index in [1.165, 1.54) is 31.4 Å². The zero-order valence-corrected chi connectivity index (χ0v) is 13.2. The van der Waals surface area contributed by atoms with Gasteiger partial charge in [-0.05, 0) is 44.5 Å². The highest BCUT2D eigenvalue weighted by atomic mass is 15.1. The highest BCUT2D eigenvalue weighted by Gasteiger charge is 2.19. The summed E-state index contributed by atoms with van der Waals surface area (Å²) in [6.45, 7) is 7.36. The van der Waals surface area contributed by atoms with Crippen LogP contribution in [0, 0.1) is 5.92 Å². The Hall–Kier alpha value is -0.930. The Morgan fingerprint density at radius 1 is 1.25 bits per heavy atom. The number of hydrogen-bond acceptors (Lipinski definition) is 3. The second kappa shape index (κ2) is 7.75. The molecule has 0 radical (unpaired) electrons. The highest BCUT2D eigenvalue weighted by Crippen LogP contribution is 2.23. The molecule has 1 N–H and O–H groups in total. The summed E-state index contributed by atoms with van der Waals surface area (Å²) in [7, 11) is 2.24. The second-order valence-corrected chi connectivity index (χ2v) is 6.50. The predicted octanol–water partition coefficient (Wildman–Crippen LogP) is 3.20. The first-order chi connectivity index (χ1) is 9.65. The van der Waals surface area contributed by atoms with E-state index in [-0.39, 0.29) is 0 Å². The molecule has 0 aromatic carbocycles. The standard InChI is InChI=1S/C17H29N3/c1-14(2)11-18-12-15-7-6-8-16(19-15)13-20(3)17-9-4-5-10-17/h6-8,14,17-18H,4-5,9-13H2,1-3H3. The van der Waals surface area contributed by atoms with E-state index < -0.39 is 0 Å². The van der Waals surface area contributed by atoms with Gasteiger partial charge in [0.25, 0.3) is 0 Å². The number of nitrogens with zero attached hydrogens (tertiary/aromatic N) is 2. The third kappa shape index (κ3) is 4.88. The van der Waals surface area contributed by atoms with E-state index in [9.17, 15) is 0 Å². The fourth-order valence-electron chi connectivity index (χ4n) is 2.93. The highest BCUT2D eigenvalue weighted by molar-refractivity contribution is 5.11. The maximum absolute atomic E-state index is 4.78. The second-order valence-electron chi connectivity index (χ2n) is 6.50. The van der Waals surface area contributed by atoms with Gasteiger partial charge in [0.2, 0.25) is 0 Å². The van der Waals surface area contributed by atoms with Crippen LogP contribution >= 0.6 is 0 Å². The lowest BCUT2D eigenvalue weighted by Gasteiger charge is -2.23. The van der Waals surface area contributed by atoms with E-state index >= 15 is 0 Å². The summed E-state index contributed by atoms with van der Waals surface area (Å²) in [5.41, 5.74) is 2.35. The van der Waals surface area contributed by atoms with Gasteiger partial charge in [-0.1, -0.05) is 32.8 Å². The molecule has 1 saturated carbocycles. The molecule has 0 atom stereocenters. The minimum absolute atomic E-state index is 0.687. The van der Waals surface area contributed by atoms with Crippen LogP contribution in [-0.2, 0) is 13.1 Å². The summed E-state index contributed by atoms with van der Waals surface area (Å²) < 4.78 is 0. The van der Waals surface area contributed by atoms with Gasteiger partial charge in [-0.2, -0.15) is 0 Å². The van der Waals surface area contributed by atoms with Gasteiger partial charge in [-0.3, -0.25) is 9.88 Å². The molecule has 1 aliphatic rings. The SMILES string of the molecule is CC(C)CNCc1cccc(CN(C)C2CCCC2)n1. The van der Waals surface area contributed by atoms with E-state index in [0.717, 1.165) is 31.4 Å². The van der Waals surface area contributed by atoms with Crippen LogP contribution in [0.15, 0.2) is 18.2 Å². The fourth-order valence-corrected chi connectivity index (χ4v) is 2.93. The molecule has 1 aromatic rings. The molecular weight excluding hydrogens is 246 g/mol. The van der Waals surface area contributed by atoms with Crippen LogP contribution in [-0.4, -0.2) is 29.5 Å². The van der Waals surface area contributed by atoms with Crippen molar-refractivity contribution < 1.29 is 0 Å². The van der Waals surface area contributed by atoms with Gasteiger partial charge < -0.3 is 5.32 Å². The number of nitrogens with one attached hydrogen (secondary N) is 1. The van der Waals surface area contributed by atoms with Crippen LogP contribution < -0.4 is 5.32 Å². The molecule has 1 heterocycles. The molecule has 112 valence electrons. The van der Waals surface area contributed by atoms with Crippen molar-refractivity contribution in [2.45, 2.75) is 58.7 Å². The number of aromatic nitrogens is 1. The lowest BCUT2D eigenvalue weighted by Crippen LogP contribution is -2.29.